The number of aryl methyl sites for hydroxylation is 3. The normalized spacial score (nSPS) is 11.4. The highest BCUT2D eigenvalue weighted by molar-refractivity contribution is 5.96. The number of carbonyl (C=O) groups excluding carboxylic acids is 2. The molecule has 0 saturated carbocycles. The van der Waals surface area contributed by atoms with Crippen molar-refractivity contribution < 1.29 is 23.8 Å². The number of para-hydroxylation sites is 1. The minimum Gasteiger partial charge on any atom is -0.495 e. The van der Waals surface area contributed by atoms with Gasteiger partial charge in [0.1, 0.15) is 11.5 Å². The van der Waals surface area contributed by atoms with E-state index >= 15 is 0 Å². The highest BCUT2D eigenvalue weighted by atomic mass is 16.6. The first-order chi connectivity index (χ1) is 12.8. The second-order valence-electron chi connectivity index (χ2n) is 6.33. The molecule has 1 N–H and O–H groups in total. The van der Waals surface area contributed by atoms with E-state index in [2.05, 4.69) is 5.32 Å². The smallest absolute Gasteiger partial charge is 0.344 e. The van der Waals surface area contributed by atoms with Gasteiger partial charge >= 0.3 is 5.97 Å². The van der Waals surface area contributed by atoms with Crippen LogP contribution in [0, 0.1) is 20.8 Å². The molecule has 1 amide bonds. The molecule has 0 aliphatic heterocycles. The Hall–Kier alpha value is -3.02. The molecular formula is C21H25NO5. The molecule has 0 aromatic heterocycles. The molecule has 0 heterocycles. The number of nitrogens with one attached hydrogen (secondary N) is 1. The number of ether oxygens (including phenoxy) is 3. The first-order valence-electron chi connectivity index (χ1n) is 8.65. The van der Waals surface area contributed by atoms with Crippen LogP contribution in [0.1, 0.15) is 23.6 Å². The van der Waals surface area contributed by atoms with Gasteiger partial charge in [-0.05, 0) is 56.5 Å². The van der Waals surface area contributed by atoms with Crippen molar-refractivity contribution in [3.63, 3.8) is 0 Å². The summed E-state index contributed by atoms with van der Waals surface area (Å²) in [5, 5.41) is 2.72. The van der Waals surface area contributed by atoms with Gasteiger partial charge < -0.3 is 19.5 Å². The second-order valence-corrected chi connectivity index (χ2v) is 6.33. The van der Waals surface area contributed by atoms with Crippen LogP contribution in [0.5, 0.6) is 11.5 Å². The minimum absolute atomic E-state index is 0.267. The van der Waals surface area contributed by atoms with E-state index in [1.165, 1.54) is 14.0 Å². The average molecular weight is 371 g/mol. The SMILES string of the molecule is COc1ccc(C)cc1NC(=O)[C@H](C)OC(=O)COc1c(C)cccc1C. The molecule has 27 heavy (non-hydrogen) atoms. The van der Waals surface area contributed by atoms with E-state index in [-0.39, 0.29) is 6.61 Å². The molecule has 0 aliphatic rings. The van der Waals surface area contributed by atoms with Crippen molar-refractivity contribution in [2.24, 2.45) is 0 Å². The van der Waals surface area contributed by atoms with Crippen molar-refractivity contribution in [3.8, 4) is 11.5 Å². The number of rotatable bonds is 7. The maximum absolute atomic E-state index is 12.3. The Labute approximate surface area is 159 Å². The largest absolute Gasteiger partial charge is 0.495 e. The lowest BCUT2D eigenvalue weighted by Crippen LogP contribution is -2.31. The van der Waals surface area contributed by atoms with E-state index < -0.39 is 18.0 Å². The van der Waals surface area contributed by atoms with Gasteiger partial charge in [0.2, 0.25) is 0 Å². The van der Waals surface area contributed by atoms with Crippen LogP contribution in [-0.2, 0) is 14.3 Å². The average Bonchev–Trinajstić information content (AvgIpc) is 2.61. The summed E-state index contributed by atoms with van der Waals surface area (Å²) in [6, 6.07) is 11.2. The number of benzene rings is 2. The summed E-state index contributed by atoms with van der Waals surface area (Å²) in [5.74, 6) is 0.123. The molecule has 0 bridgehead atoms. The third kappa shape index (κ3) is 5.48. The summed E-state index contributed by atoms with van der Waals surface area (Å²) >= 11 is 0. The lowest BCUT2D eigenvalue weighted by Gasteiger charge is -2.16. The highest BCUT2D eigenvalue weighted by Gasteiger charge is 2.20. The van der Waals surface area contributed by atoms with E-state index in [0.29, 0.717) is 17.2 Å². The lowest BCUT2D eigenvalue weighted by atomic mass is 10.1. The van der Waals surface area contributed by atoms with Crippen LogP contribution in [0.25, 0.3) is 0 Å². The summed E-state index contributed by atoms with van der Waals surface area (Å²) in [6.45, 7) is 6.95. The summed E-state index contributed by atoms with van der Waals surface area (Å²) < 4.78 is 16.0. The van der Waals surface area contributed by atoms with Gasteiger partial charge in [-0.15, -0.1) is 0 Å². The predicted molar refractivity (Wildman–Crippen MR) is 103 cm³/mol. The van der Waals surface area contributed by atoms with Gasteiger partial charge in [0.05, 0.1) is 12.8 Å². The molecule has 0 spiro atoms. The fourth-order valence-corrected chi connectivity index (χ4v) is 2.60. The number of methoxy groups -OCH3 is 1. The number of amides is 1. The van der Waals surface area contributed by atoms with Crippen molar-refractivity contribution in [1.82, 2.24) is 0 Å². The van der Waals surface area contributed by atoms with Crippen LogP contribution in [0.15, 0.2) is 36.4 Å². The van der Waals surface area contributed by atoms with Crippen molar-refractivity contribution in [2.45, 2.75) is 33.8 Å². The fourth-order valence-electron chi connectivity index (χ4n) is 2.60. The third-order valence-corrected chi connectivity index (χ3v) is 4.03. The van der Waals surface area contributed by atoms with Crippen LogP contribution in [-0.4, -0.2) is 31.7 Å². The Morgan fingerprint density at radius 2 is 1.74 bits per heavy atom. The van der Waals surface area contributed by atoms with E-state index in [9.17, 15) is 9.59 Å². The first kappa shape index (κ1) is 20.3. The van der Waals surface area contributed by atoms with Crippen molar-refractivity contribution in [1.29, 1.82) is 0 Å². The lowest BCUT2D eigenvalue weighted by molar-refractivity contribution is -0.155. The zero-order chi connectivity index (χ0) is 20.0. The predicted octanol–water partition coefficient (Wildman–Crippen LogP) is 3.57. The minimum atomic E-state index is -0.968. The van der Waals surface area contributed by atoms with E-state index in [1.807, 2.05) is 45.0 Å². The topological polar surface area (TPSA) is 73.9 Å². The molecule has 6 heteroatoms. The van der Waals surface area contributed by atoms with Gasteiger partial charge in [0.15, 0.2) is 12.7 Å². The van der Waals surface area contributed by atoms with Crippen LogP contribution < -0.4 is 14.8 Å². The zero-order valence-electron chi connectivity index (χ0n) is 16.3. The molecule has 2 aromatic rings. The molecule has 0 aliphatic carbocycles. The van der Waals surface area contributed by atoms with Gasteiger partial charge in [-0.2, -0.15) is 0 Å². The third-order valence-electron chi connectivity index (χ3n) is 4.03. The van der Waals surface area contributed by atoms with E-state index in [0.717, 1.165) is 16.7 Å². The maximum atomic E-state index is 12.3. The molecule has 0 radical (unpaired) electrons. The van der Waals surface area contributed by atoms with Crippen molar-refractivity contribution >= 4 is 17.6 Å². The summed E-state index contributed by atoms with van der Waals surface area (Å²) in [7, 11) is 1.52. The van der Waals surface area contributed by atoms with Gasteiger partial charge in [-0.25, -0.2) is 4.79 Å². The van der Waals surface area contributed by atoms with Crippen LogP contribution in [0.4, 0.5) is 5.69 Å². The Kier molecular flexibility index (Phi) is 6.82. The quantitative estimate of drug-likeness (QED) is 0.753. The Bertz CT molecular complexity index is 811. The molecular weight excluding hydrogens is 346 g/mol. The molecule has 6 nitrogen and oxygen atoms in total. The highest BCUT2D eigenvalue weighted by Crippen LogP contribution is 2.25. The fraction of sp³-hybridized carbons (Fsp3) is 0.333. The van der Waals surface area contributed by atoms with E-state index in [1.54, 1.807) is 12.1 Å². The molecule has 0 unspecified atom stereocenters. The van der Waals surface area contributed by atoms with Crippen molar-refractivity contribution in [3.05, 3.63) is 53.1 Å². The monoisotopic (exact) mass is 371 g/mol. The van der Waals surface area contributed by atoms with Gasteiger partial charge in [0, 0.05) is 0 Å². The van der Waals surface area contributed by atoms with Crippen LogP contribution >= 0.6 is 0 Å². The molecule has 0 saturated heterocycles. The van der Waals surface area contributed by atoms with Crippen LogP contribution in [0.3, 0.4) is 0 Å². The zero-order valence-corrected chi connectivity index (χ0v) is 16.3. The van der Waals surface area contributed by atoms with E-state index in [4.69, 9.17) is 14.2 Å². The standard InChI is InChI=1S/C21H25NO5/c1-13-9-10-18(25-5)17(11-13)22-21(24)16(4)27-19(23)12-26-20-14(2)7-6-8-15(20)3/h6-11,16H,12H2,1-5H3,(H,22,24)/t16-/m0/s1. The number of carbonyl (C=O) groups is 2. The van der Waals surface area contributed by atoms with Crippen molar-refractivity contribution in [2.75, 3.05) is 19.0 Å². The van der Waals surface area contributed by atoms with Gasteiger partial charge in [-0.1, -0.05) is 24.3 Å². The molecule has 144 valence electrons. The maximum Gasteiger partial charge on any atom is 0.344 e. The van der Waals surface area contributed by atoms with Crippen LogP contribution in [0.2, 0.25) is 0 Å². The number of anilines is 1. The molecule has 0 fully saturated rings. The Morgan fingerprint density at radius 1 is 1.07 bits per heavy atom. The summed E-state index contributed by atoms with van der Waals surface area (Å²) in [6.07, 6.45) is -0.968. The van der Waals surface area contributed by atoms with Gasteiger partial charge in [0.25, 0.3) is 5.91 Å². The summed E-state index contributed by atoms with van der Waals surface area (Å²) in [5.41, 5.74) is 3.36. The Balaban J connectivity index is 1.92. The second kappa shape index (κ2) is 9.07. The first-order valence-corrected chi connectivity index (χ1v) is 8.65. The number of esters is 1. The molecule has 1 atom stereocenters. The molecule has 2 rings (SSSR count). The molecule has 2 aromatic carbocycles. The Morgan fingerprint density at radius 3 is 2.37 bits per heavy atom. The number of hydrogen-bond donors (Lipinski definition) is 1. The number of hydrogen-bond acceptors (Lipinski definition) is 5. The summed E-state index contributed by atoms with van der Waals surface area (Å²) in [4.78, 5) is 24.4. The van der Waals surface area contributed by atoms with Gasteiger partial charge in [-0.3, -0.25) is 4.79 Å².